The lowest BCUT2D eigenvalue weighted by molar-refractivity contribution is 0.417. The third-order valence-corrected chi connectivity index (χ3v) is 1.94. The topological polar surface area (TPSA) is 61.3 Å². The molecule has 0 unspecified atom stereocenters. The number of anilines is 2. The van der Waals surface area contributed by atoms with Gasteiger partial charge in [0, 0.05) is 5.69 Å². The monoisotopic (exact) mass is 252 g/mol. The number of rotatable bonds is 1. The predicted molar refractivity (Wildman–Crippen MR) is 75.5 cm³/mol. The van der Waals surface area contributed by atoms with Crippen LogP contribution in [0.5, 0.6) is 5.75 Å². The first kappa shape index (κ1) is 15.1. The maximum Gasteiger partial charge on any atom is 0.141 e. The molecule has 3 nitrogen and oxygen atoms in total. The zero-order valence-corrected chi connectivity index (χ0v) is 10.5. The van der Waals surface area contributed by atoms with E-state index < -0.39 is 0 Å². The quantitative estimate of drug-likeness (QED) is 0.767. The van der Waals surface area contributed by atoms with Crippen LogP contribution in [0.2, 0.25) is 0 Å². The number of hydrogen-bond acceptors (Lipinski definition) is 3. The van der Waals surface area contributed by atoms with Crippen molar-refractivity contribution in [2.45, 2.75) is 0 Å². The average molecular weight is 253 g/mol. The Morgan fingerprint density at radius 2 is 1.35 bits per heavy atom. The highest BCUT2D eigenvalue weighted by Crippen LogP contribution is 2.18. The number of nitrogens with two attached hydrogens (primary N) is 2. The van der Waals surface area contributed by atoms with Gasteiger partial charge in [0.1, 0.15) is 5.75 Å². The van der Waals surface area contributed by atoms with Gasteiger partial charge in [-0.3, -0.25) is 0 Å². The highest BCUT2D eigenvalue weighted by atomic mass is 35.5. The van der Waals surface area contributed by atoms with Crippen LogP contribution in [-0.4, -0.2) is 7.11 Å². The second-order valence-electron chi connectivity index (χ2n) is 3.15. The molecule has 0 aliphatic heterocycles. The van der Waals surface area contributed by atoms with Crippen molar-refractivity contribution in [3.63, 3.8) is 0 Å². The fourth-order valence-corrected chi connectivity index (χ4v) is 1.12. The molecule has 17 heavy (non-hydrogen) atoms. The first-order valence-electron chi connectivity index (χ1n) is 4.93. The van der Waals surface area contributed by atoms with Gasteiger partial charge in [-0.15, -0.1) is 12.4 Å². The van der Waals surface area contributed by atoms with E-state index in [0.29, 0.717) is 5.69 Å². The molecule has 2 aromatic carbocycles. The van der Waals surface area contributed by atoms with E-state index in [-0.39, 0.29) is 12.4 Å². The summed E-state index contributed by atoms with van der Waals surface area (Å²) in [5.74, 6) is 0.734. The van der Waals surface area contributed by atoms with E-state index in [1.807, 2.05) is 48.5 Å². The van der Waals surface area contributed by atoms with Crippen LogP contribution in [0, 0.1) is 0 Å². The van der Waals surface area contributed by atoms with Gasteiger partial charge in [0.15, 0.2) is 0 Å². The maximum atomic E-state index is 5.51. The Bertz CT molecular complexity index is 421. The van der Waals surface area contributed by atoms with Crippen LogP contribution >= 0.6 is 12.4 Å². The van der Waals surface area contributed by atoms with Crippen molar-refractivity contribution in [2.24, 2.45) is 0 Å². The summed E-state index contributed by atoms with van der Waals surface area (Å²) in [6.45, 7) is 0. The Balaban J connectivity index is 0.000000292. The lowest BCUT2D eigenvalue weighted by Gasteiger charge is -2.00. The number of hydrogen-bond donors (Lipinski definition) is 2. The van der Waals surface area contributed by atoms with Gasteiger partial charge in [-0.2, -0.15) is 0 Å². The molecule has 0 saturated carbocycles. The number of methoxy groups -OCH3 is 1. The molecule has 0 saturated heterocycles. The molecule has 0 heterocycles. The molecule has 0 atom stereocenters. The van der Waals surface area contributed by atoms with Crippen molar-refractivity contribution in [1.29, 1.82) is 0 Å². The van der Waals surface area contributed by atoms with Crippen LogP contribution in [0.25, 0.3) is 0 Å². The van der Waals surface area contributed by atoms with Crippen LogP contribution in [-0.2, 0) is 0 Å². The first-order chi connectivity index (χ1) is 7.74. The number of benzene rings is 2. The fraction of sp³-hybridized carbons (Fsp3) is 0.0769. The normalized spacial score (nSPS) is 8.29. The SMILES string of the molecule is COc1ccccc1N.Cl.Nc1ccccc1. The highest BCUT2D eigenvalue weighted by molar-refractivity contribution is 5.85. The number of nitrogen functional groups attached to an aromatic ring is 2. The van der Waals surface area contributed by atoms with Crippen molar-refractivity contribution in [2.75, 3.05) is 18.6 Å². The smallest absolute Gasteiger partial charge is 0.141 e. The summed E-state index contributed by atoms with van der Waals surface area (Å²) in [5.41, 5.74) is 12.4. The van der Waals surface area contributed by atoms with Crippen LogP contribution < -0.4 is 16.2 Å². The lowest BCUT2D eigenvalue weighted by atomic mass is 10.3. The Kier molecular flexibility index (Phi) is 7.39. The number of halogens is 1. The first-order valence-corrected chi connectivity index (χ1v) is 4.93. The van der Waals surface area contributed by atoms with Gasteiger partial charge in [-0.05, 0) is 24.3 Å². The van der Waals surface area contributed by atoms with E-state index in [1.54, 1.807) is 13.2 Å². The minimum absolute atomic E-state index is 0. The summed E-state index contributed by atoms with van der Waals surface area (Å²) in [6.07, 6.45) is 0. The third kappa shape index (κ3) is 5.68. The molecule has 4 heteroatoms. The highest BCUT2D eigenvalue weighted by Gasteiger charge is 1.91. The molecule has 92 valence electrons. The van der Waals surface area contributed by atoms with Crippen molar-refractivity contribution >= 4 is 23.8 Å². The lowest BCUT2D eigenvalue weighted by Crippen LogP contribution is -1.89. The minimum Gasteiger partial charge on any atom is -0.495 e. The Labute approximate surface area is 108 Å². The van der Waals surface area contributed by atoms with Gasteiger partial charge in [0.2, 0.25) is 0 Å². The third-order valence-electron chi connectivity index (χ3n) is 1.94. The Hall–Kier alpha value is -1.87. The van der Waals surface area contributed by atoms with Gasteiger partial charge in [-0.25, -0.2) is 0 Å². The molecule has 4 N–H and O–H groups in total. The van der Waals surface area contributed by atoms with E-state index >= 15 is 0 Å². The minimum atomic E-state index is 0. The molecular formula is C13H17ClN2O. The molecule has 2 rings (SSSR count). The summed E-state index contributed by atoms with van der Waals surface area (Å²) in [6, 6.07) is 16.9. The molecule has 0 amide bonds. The van der Waals surface area contributed by atoms with Gasteiger partial charge in [-0.1, -0.05) is 30.3 Å². The summed E-state index contributed by atoms with van der Waals surface area (Å²) in [4.78, 5) is 0. The van der Waals surface area contributed by atoms with E-state index in [9.17, 15) is 0 Å². The molecule has 0 fully saturated rings. The van der Waals surface area contributed by atoms with Gasteiger partial charge >= 0.3 is 0 Å². The van der Waals surface area contributed by atoms with E-state index in [4.69, 9.17) is 16.2 Å². The zero-order chi connectivity index (χ0) is 11.8. The largest absolute Gasteiger partial charge is 0.495 e. The predicted octanol–water partition coefficient (Wildman–Crippen LogP) is 2.97. The summed E-state index contributed by atoms with van der Waals surface area (Å²) < 4.78 is 4.92. The molecule has 0 aromatic heterocycles. The van der Waals surface area contributed by atoms with Crippen molar-refractivity contribution in [3.8, 4) is 5.75 Å². The van der Waals surface area contributed by atoms with Crippen molar-refractivity contribution in [1.82, 2.24) is 0 Å². The van der Waals surface area contributed by atoms with E-state index in [2.05, 4.69) is 0 Å². The van der Waals surface area contributed by atoms with Crippen molar-refractivity contribution in [3.05, 3.63) is 54.6 Å². The summed E-state index contributed by atoms with van der Waals surface area (Å²) >= 11 is 0. The Morgan fingerprint density at radius 3 is 1.71 bits per heavy atom. The summed E-state index contributed by atoms with van der Waals surface area (Å²) in [5, 5.41) is 0. The van der Waals surface area contributed by atoms with E-state index in [0.717, 1.165) is 11.4 Å². The molecule has 0 aliphatic rings. The van der Waals surface area contributed by atoms with Crippen LogP contribution in [0.15, 0.2) is 54.6 Å². The van der Waals surface area contributed by atoms with Crippen molar-refractivity contribution < 1.29 is 4.74 Å². The molecule has 0 aliphatic carbocycles. The zero-order valence-electron chi connectivity index (χ0n) is 9.67. The van der Waals surface area contributed by atoms with Gasteiger partial charge in [0.05, 0.1) is 12.8 Å². The van der Waals surface area contributed by atoms with Gasteiger partial charge < -0.3 is 16.2 Å². The number of para-hydroxylation sites is 3. The van der Waals surface area contributed by atoms with E-state index in [1.165, 1.54) is 0 Å². The Morgan fingerprint density at radius 1 is 0.824 bits per heavy atom. The molecule has 0 radical (unpaired) electrons. The standard InChI is InChI=1S/C7H9NO.C6H7N.ClH/c1-9-7-5-3-2-4-6(7)8;7-6-4-2-1-3-5-6;/h2-5H,8H2,1H3;1-5H,7H2;1H. The van der Waals surface area contributed by atoms with Crippen LogP contribution in [0.3, 0.4) is 0 Å². The molecule has 0 spiro atoms. The average Bonchev–Trinajstić information content (AvgIpc) is 2.31. The number of ether oxygens (including phenoxy) is 1. The fourth-order valence-electron chi connectivity index (χ4n) is 1.12. The molecule has 0 bridgehead atoms. The van der Waals surface area contributed by atoms with Gasteiger partial charge in [0.25, 0.3) is 0 Å². The van der Waals surface area contributed by atoms with Crippen LogP contribution in [0.1, 0.15) is 0 Å². The second-order valence-corrected chi connectivity index (χ2v) is 3.15. The molecular weight excluding hydrogens is 236 g/mol. The summed E-state index contributed by atoms with van der Waals surface area (Å²) in [7, 11) is 1.60. The molecule has 2 aromatic rings. The van der Waals surface area contributed by atoms with Crippen LogP contribution in [0.4, 0.5) is 11.4 Å². The maximum absolute atomic E-state index is 5.51. The second kappa shape index (κ2) is 8.30.